The first-order valence-corrected chi connectivity index (χ1v) is 7.48. The van der Waals surface area contributed by atoms with Gasteiger partial charge in [0.2, 0.25) is 0 Å². The quantitative estimate of drug-likeness (QED) is 0.730. The smallest absolute Gasteiger partial charge is 0.340 e. The number of benzene rings is 1. The van der Waals surface area contributed by atoms with Gasteiger partial charge >= 0.3 is 5.97 Å². The lowest BCUT2D eigenvalue weighted by molar-refractivity contribution is -0.125. The van der Waals surface area contributed by atoms with Gasteiger partial charge in [0.25, 0.3) is 5.91 Å². The van der Waals surface area contributed by atoms with Crippen molar-refractivity contribution in [3.05, 3.63) is 66.2 Å². The highest BCUT2D eigenvalue weighted by Crippen LogP contribution is 2.23. The van der Waals surface area contributed by atoms with Crippen molar-refractivity contribution >= 4 is 22.8 Å². The number of hydrogen-bond acceptors (Lipinski definition) is 5. The first-order chi connectivity index (χ1) is 11.6. The summed E-state index contributed by atoms with van der Waals surface area (Å²) in [6.45, 7) is 1.44. The third kappa shape index (κ3) is 3.60. The van der Waals surface area contributed by atoms with E-state index in [4.69, 9.17) is 9.15 Å². The van der Waals surface area contributed by atoms with E-state index in [0.717, 1.165) is 11.0 Å². The van der Waals surface area contributed by atoms with E-state index in [1.165, 1.54) is 6.20 Å². The molecule has 2 heterocycles. The molecular weight excluding hydrogens is 308 g/mol. The van der Waals surface area contributed by atoms with Crippen LogP contribution < -0.4 is 5.32 Å². The van der Waals surface area contributed by atoms with Crippen LogP contribution in [0, 0.1) is 0 Å². The number of furan rings is 1. The summed E-state index contributed by atoms with van der Waals surface area (Å²) in [5.74, 6) is -0.349. The molecule has 6 nitrogen and oxygen atoms in total. The zero-order chi connectivity index (χ0) is 16.9. The molecule has 0 unspecified atom stereocenters. The number of para-hydroxylation sites is 1. The summed E-state index contributed by atoms with van der Waals surface area (Å²) < 4.78 is 10.7. The molecule has 1 atom stereocenters. The largest absolute Gasteiger partial charge is 0.459 e. The lowest BCUT2D eigenvalue weighted by Gasteiger charge is -2.11. The highest BCUT2D eigenvalue weighted by atomic mass is 16.5. The minimum Gasteiger partial charge on any atom is -0.459 e. The Balaban J connectivity index is 1.55. The van der Waals surface area contributed by atoms with Crippen LogP contribution in [0.15, 0.2) is 59.3 Å². The zero-order valence-corrected chi connectivity index (χ0v) is 13.1. The Morgan fingerprint density at radius 2 is 2.08 bits per heavy atom. The molecule has 0 aliphatic rings. The van der Waals surface area contributed by atoms with Gasteiger partial charge < -0.3 is 14.5 Å². The van der Waals surface area contributed by atoms with Crippen molar-refractivity contribution in [2.24, 2.45) is 0 Å². The molecule has 0 spiro atoms. The predicted molar refractivity (Wildman–Crippen MR) is 87.3 cm³/mol. The van der Waals surface area contributed by atoms with Crippen LogP contribution in [0.4, 0.5) is 0 Å². The van der Waals surface area contributed by atoms with Gasteiger partial charge in [0.05, 0.1) is 11.6 Å². The molecule has 0 radical (unpaired) electrons. The van der Waals surface area contributed by atoms with Crippen molar-refractivity contribution < 1.29 is 18.7 Å². The van der Waals surface area contributed by atoms with Gasteiger partial charge in [-0.2, -0.15) is 0 Å². The van der Waals surface area contributed by atoms with Crippen LogP contribution in [0.2, 0.25) is 0 Å². The molecule has 0 bridgehead atoms. The number of nitrogens with zero attached hydrogens (tertiary/aromatic N) is 1. The minimum absolute atomic E-state index is 0.302. The van der Waals surface area contributed by atoms with E-state index in [1.54, 1.807) is 25.3 Å². The number of hydrogen-bond donors (Lipinski definition) is 1. The SMILES string of the molecule is C[C@H](NC(=O)COC(=O)c1cccnc1)c1cc2ccccc2o1. The number of amides is 1. The number of rotatable bonds is 5. The molecular formula is C18H16N2O4. The Bertz CT molecular complexity index is 825. The summed E-state index contributed by atoms with van der Waals surface area (Å²) in [5.41, 5.74) is 1.06. The molecule has 24 heavy (non-hydrogen) atoms. The first kappa shape index (κ1) is 15.7. The van der Waals surface area contributed by atoms with Crippen LogP contribution >= 0.6 is 0 Å². The third-order valence-electron chi connectivity index (χ3n) is 3.48. The number of carbonyl (C=O) groups excluding carboxylic acids is 2. The van der Waals surface area contributed by atoms with Gasteiger partial charge in [0, 0.05) is 17.8 Å². The topological polar surface area (TPSA) is 81.4 Å². The summed E-state index contributed by atoms with van der Waals surface area (Å²) in [5, 5.41) is 3.71. The standard InChI is InChI=1S/C18H16N2O4/c1-12(16-9-13-5-2-3-7-15(13)24-16)20-17(21)11-23-18(22)14-6-4-8-19-10-14/h2-10,12H,11H2,1H3,(H,20,21)/t12-/m0/s1. The van der Waals surface area contributed by atoms with Gasteiger partial charge in [-0.05, 0) is 31.2 Å². The van der Waals surface area contributed by atoms with Crippen molar-refractivity contribution in [2.75, 3.05) is 6.61 Å². The first-order valence-electron chi connectivity index (χ1n) is 7.48. The van der Waals surface area contributed by atoms with Gasteiger partial charge in [0.15, 0.2) is 6.61 Å². The van der Waals surface area contributed by atoms with Crippen LogP contribution in [0.25, 0.3) is 11.0 Å². The van der Waals surface area contributed by atoms with Crippen molar-refractivity contribution in [1.82, 2.24) is 10.3 Å². The fourth-order valence-corrected chi connectivity index (χ4v) is 2.27. The Labute approximate surface area is 138 Å². The van der Waals surface area contributed by atoms with E-state index >= 15 is 0 Å². The Morgan fingerprint density at radius 3 is 2.83 bits per heavy atom. The van der Waals surface area contributed by atoms with Crippen LogP contribution in [-0.2, 0) is 9.53 Å². The Kier molecular flexibility index (Phi) is 4.56. The fraction of sp³-hybridized carbons (Fsp3) is 0.167. The lowest BCUT2D eigenvalue weighted by Crippen LogP contribution is -2.31. The van der Waals surface area contributed by atoms with Crippen molar-refractivity contribution in [2.45, 2.75) is 13.0 Å². The number of pyridine rings is 1. The van der Waals surface area contributed by atoms with Crippen LogP contribution in [0.5, 0.6) is 0 Å². The summed E-state index contributed by atoms with van der Waals surface area (Å²) in [6, 6.07) is 12.4. The number of ether oxygens (including phenoxy) is 1. The van der Waals surface area contributed by atoms with E-state index in [1.807, 2.05) is 30.3 Å². The van der Waals surface area contributed by atoms with Crippen molar-refractivity contribution in [3.8, 4) is 0 Å². The maximum absolute atomic E-state index is 11.9. The average molecular weight is 324 g/mol. The second-order valence-electron chi connectivity index (χ2n) is 5.29. The van der Waals surface area contributed by atoms with E-state index in [0.29, 0.717) is 11.3 Å². The molecule has 0 aliphatic carbocycles. The number of nitrogens with one attached hydrogen (secondary N) is 1. The van der Waals surface area contributed by atoms with E-state index in [-0.39, 0.29) is 12.6 Å². The van der Waals surface area contributed by atoms with Gasteiger partial charge in [0.1, 0.15) is 11.3 Å². The predicted octanol–water partition coefficient (Wildman–Crippen LogP) is 2.86. The van der Waals surface area contributed by atoms with Crippen LogP contribution in [0.1, 0.15) is 29.1 Å². The molecule has 1 aromatic carbocycles. The van der Waals surface area contributed by atoms with E-state index < -0.39 is 11.9 Å². The van der Waals surface area contributed by atoms with Gasteiger partial charge in [-0.15, -0.1) is 0 Å². The molecule has 1 amide bonds. The van der Waals surface area contributed by atoms with E-state index in [9.17, 15) is 9.59 Å². The Hall–Kier alpha value is -3.15. The fourth-order valence-electron chi connectivity index (χ4n) is 2.27. The molecule has 122 valence electrons. The number of esters is 1. The molecule has 0 saturated heterocycles. The number of aromatic nitrogens is 1. The second-order valence-corrected chi connectivity index (χ2v) is 5.29. The second kappa shape index (κ2) is 6.95. The van der Waals surface area contributed by atoms with Crippen LogP contribution in [-0.4, -0.2) is 23.5 Å². The molecule has 3 rings (SSSR count). The molecule has 0 aliphatic heterocycles. The molecule has 6 heteroatoms. The van der Waals surface area contributed by atoms with Crippen molar-refractivity contribution in [1.29, 1.82) is 0 Å². The maximum atomic E-state index is 11.9. The number of fused-ring (bicyclic) bond motifs is 1. The molecule has 2 aromatic heterocycles. The lowest BCUT2D eigenvalue weighted by atomic mass is 10.2. The normalized spacial score (nSPS) is 11.9. The van der Waals surface area contributed by atoms with Crippen LogP contribution in [0.3, 0.4) is 0 Å². The summed E-state index contributed by atoms with van der Waals surface area (Å²) >= 11 is 0. The highest BCUT2D eigenvalue weighted by molar-refractivity contribution is 5.91. The monoisotopic (exact) mass is 324 g/mol. The third-order valence-corrected chi connectivity index (χ3v) is 3.48. The zero-order valence-electron chi connectivity index (χ0n) is 13.1. The summed E-state index contributed by atoms with van der Waals surface area (Å²) in [6.07, 6.45) is 2.94. The van der Waals surface area contributed by atoms with Gasteiger partial charge in [-0.3, -0.25) is 9.78 Å². The highest BCUT2D eigenvalue weighted by Gasteiger charge is 2.16. The average Bonchev–Trinajstić information content (AvgIpc) is 3.05. The summed E-state index contributed by atoms with van der Waals surface area (Å²) in [7, 11) is 0. The van der Waals surface area contributed by atoms with Gasteiger partial charge in [-0.1, -0.05) is 18.2 Å². The number of carbonyl (C=O) groups is 2. The van der Waals surface area contributed by atoms with Crippen molar-refractivity contribution in [3.63, 3.8) is 0 Å². The molecule has 3 aromatic rings. The maximum Gasteiger partial charge on any atom is 0.340 e. The summed E-state index contributed by atoms with van der Waals surface area (Å²) in [4.78, 5) is 27.5. The molecule has 1 N–H and O–H groups in total. The Morgan fingerprint density at radius 1 is 1.25 bits per heavy atom. The van der Waals surface area contributed by atoms with E-state index in [2.05, 4.69) is 10.3 Å². The molecule has 0 fully saturated rings. The minimum atomic E-state index is -0.588. The van der Waals surface area contributed by atoms with Gasteiger partial charge in [-0.25, -0.2) is 4.79 Å². The molecule has 0 saturated carbocycles.